The zero-order chi connectivity index (χ0) is 11.6. The molecule has 3 atom stereocenters. The summed E-state index contributed by atoms with van der Waals surface area (Å²) in [6, 6.07) is 0. The van der Waals surface area contributed by atoms with Crippen molar-refractivity contribution < 1.29 is 0 Å². The van der Waals surface area contributed by atoms with Crippen molar-refractivity contribution in [3.8, 4) is 0 Å². The summed E-state index contributed by atoms with van der Waals surface area (Å²) in [6.07, 6.45) is 8.91. The summed E-state index contributed by atoms with van der Waals surface area (Å²) < 4.78 is 0. The van der Waals surface area contributed by atoms with Gasteiger partial charge >= 0.3 is 0 Å². The largest absolute Gasteiger partial charge is 0.316 e. The van der Waals surface area contributed by atoms with Crippen LogP contribution in [0.5, 0.6) is 0 Å². The second-order valence-corrected chi connectivity index (χ2v) is 6.81. The predicted octanol–water partition coefficient (Wildman–Crippen LogP) is 3.84. The highest BCUT2D eigenvalue weighted by Crippen LogP contribution is 2.49. The lowest BCUT2D eigenvalue weighted by molar-refractivity contribution is 0.0363. The van der Waals surface area contributed by atoms with Crippen LogP contribution in [0.2, 0.25) is 0 Å². The number of nitrogens with one attached hydrogen (secondary N) is 1. The van der Waals surface area contributed by atoms with Crippen LogP contribution in [-0.2, 0) is 0 Å². The highest BCUT2D eigenvalue weighted by Gasteiger charge is 2.41. The maximum atomic E-state index is 3.56. The van der Waals surface area contributed by atoms with Gasteiger partial charge in [0, 0.05) is 0 Å². The van der Waals surface area contributed by atoms with E-state index in [1.165, 1.54) is 51.6 Å². The Morgan fingerprint density at radius 1 is 1.31 bits per heavy atom. The van der Waals surface area contributed by atoms with Crippen molar-refractivity contribution in [3.05, 3.63) is 0 Å². The van der Waals surface area contributed by atoms with Crippen LogP contribution in [0.4, 0.5) is 0 Å². The molecule has 1 aliphatic heterocycles. The van der Waals surface area contributed by atoms with Gasteiger partial charge in [-0.05, 0) is 61.9 Å². The second kappa shape index (κ2) is 5.08. The fraction of sp³-hybridized carbons (Fsp3) is 1.00. The van der Waals surface area contributed by atoms with Gasteiger partial charge in [0.15, 0.2) is 0 Å². The van der Waals surface area contributed by atoms with E-state index in [4.69, 9.17) is 0 Å². The monoisotopic (exact) mass is 223 g/mol. The van der Waals surface area contributed by atoms with E-state index in [1.807, 2.05) is 0 Å². The first-order valence-corrected chi connectivity index (χ1v) is 7.33. The molecule has 2 fully saturated rings. The molecule has 1 saturated carbocycles. The third-order valence-electron chi connectivity index (χ3n) is 5.08. The number of piperidine rings is 1. The maximum Gasteiger partial charge on any atom is -0.00178 e. The van der Waals surface area contributed by atoms with Gasteiger partial charge in [-0.2, -0.15) is 0 Å². The Morgan fingerprint density at radius 3 is 2.81 bits per heavy atom. The highest BCUT2D eigenvalue weighted by molar-refractivity contribution is 4.94. The zero-order valence-electron chi connectivity index (χ0n) is 11.4. The fourth-order valence-corrected chi connectivity index (χ4v) is 4.18. The minimum Gasteiger partial charge on any atom is -0.316 e. The van der Waals surface area contributed by atoms with Crippen molar-refractivity contribution in [1.29, 1.82) is 0 Å². The molecule has 1 spiro atoms. The van der Waals surface area contributed by atoms with Crippen molar-refractivity contribution in [1.82, 2.24) is 5.32 Å². The highest BCUT2D eigenvalue weighted by atomic mass is 14.9. The predicted molar refractivity (Wildman–Crippen MR) is 70.5 cm³/mol. The molecule has 1 N–H and O–H groups in total. The Morgan fingerprint density at radius 2 is 2.12 bits per heavy atom. The van der Waals surface area contributed by atoms with Gasteiger partial charge in [-0.1, -0.05) is 33.6 Å². The van der Waals surface area contributed by atoms with Gasteiger partial charge in [0.05, 0.1) is 0 Å². The molecule has 1 aliphatic carbocycles. The Labute approximate surface area is 101 Å². The van der Waals surface area contributed by atoms with E-state index >= 15 is 0 Å². The van der Waals surface area contributed by atoms with Gasteiger partial charge in [-0.3, -0.25) is 0 Å². The molecule has 2 aliphatic rings. The number of hydrogen-bond donors (Lipinski definition) is 1. The van der Waals surface area contributed by atoms with Crippen molar-refractivity contribution in [2.45, 2.75) is 59.3 Å². The Hall–Kier alpha value is -0.0400. The lowest BCUT2D eigenvalue weighted by atomic mass is 9.59. The van der Waals surface area contributed by atoms with Crippen molar-refractivity contribution >= 4 is 0 Å². The van der Waals surface area contributed by atoms with Crippen LogP contribution < -0.4 is 5.32 Å². The van der Waals surface area contributed by atoms with E-state index in [9.17, 15) is 0 Å². The summed E-state index contributed by atoms with van der Waals surface area (Å²) in [6.45, 7) is 9.76. The quantitative estimate of drug-likeness (QED) is 0.750. The molecule has 1 heterocycles. The lowest BCUT2D eigenvalue weighted by Gasteiger charge is -2.48. The molecule has 16 heavy (non-hydrogen) atoms. The van der Waals surface area contributed by atoms with Crippen molar-refractivity contribution in [3.63, 3.8) is 0 Å². The minimum absolute atomic E-state index is 0.711. The molecule has 0 bridgehead atoms. The summed E-state index contributed by atoms with van der Waals surface area (Å²) in [7, 11) is 0. The van der Waals surface area contributed by atoms with Crippen molar-refractivity contribution in [2.75, 3.05) is 13.1 Å². The Balaban J connectivity index is 1.98. The average Bonchev–Trinajstić information content (AvgIpc) is 2.22. The Kier molecular flexibility index (Phi) is 3.94. The summed E-state index contributed by atoms with van der Waals surface area (Å²) in [4.78, 5) is 0. The van der Waals surface area contributed by atoms with Gasteiger partial charge in [-0.25, -0.2) is 0 Å². The van der Waals surface area contributed by atoms with Crippen LogP contribution in [0.1, 0.15) is 59.3 Å². The van der Waals surface area contributed by atoms with E-state index in [1.54, 1.807) is 0 Å². The van der Waals surface area contributed by atoms with Gasteiger partial charge in [0.2, 0.25) is 0 Å². The van der Waals surface area contributed by atoms with Gasteiger partial charge in [-0.15, -0.1) is 0 Å². The SMILES string of the molecule is CC(C)CC1CCCC2(CCNCC2C)C1. The molecule has 0 aromatic carbocycles. The summed E-state index contributed by atoms with van der Waals surface area (Å²) in [5, 5.41) is 3.56. The van der Waals surface area contributed by atoms with E-state index < -0.39 is 0 Å². The number of hydrogen-bond acceptors (Lipinski definition) is 1. The molecule has 0 aromatic heterocycles. The molecule has 0 aromatic rings. The summed E-state index contributed by atoms with van der Waals surface area (Å²) >= 11 is 0. The summed E-state index contributed by atoms with van der Waals surface area (Å²) in [5.41, 5.74) is 0.711. The molecule has 1 heteroatoms. The molecule has 0 amide bonds. The first-order valence-electron chi connectivity index (χ1n) is 7.33. The third kappa shape index (κ3) is 2.61. The van der Waals surface area contributed by atoms with E-state index in [0.717, 1.165) is 17.8 Å². The van der Waals surface area contributed by atoms with Gasteiger partial charge in [0.25, 0.3) is 0 Å². The lowest BCUT2D eigenvalue weighted by Crippen LogP contribution is -2.46. The van der Waals surface area contributed by atoms with E-state index in [-0.39, 0.29) is 0 Å². The van der Waals surface area contributed by atoms with E-state index in [0.29, 0.717) is 5.41 Å². The first-order chi connectivity index (χ1) is 7.62. The van der Waals surface area contributed by atoms with Crippen LogP contribution in [0.15, 0.2) is 0 Å². The van der Waals surface area contributed by atoms with Crippen LogP contribution in [-0.4, -0.2) is 13.1 Å². The molecule has 94 valence electrons. The van der Waals surface area contributed by atoms with Gasteiger partial charge in [0.1, 0.15) is 0 Å². The zero-order valence-corrected chi connectivity index (χ0v) is 11.4. The van der Waals surface area contributed by atoms with Crippen LogP contribution >= 0.6 is 0 Å². The normalized spacial score (nSPS) is 40.5. The molecule has 1 nitrogen and oxygen atoms in total. The topological polar surface area (TPSA) is 12.0 Å². The molecule has 2 rings (SSSR count). The van der Waals surface area contributed by atoms with E-state index in [2.05, 4.69) is 26.1 Å². The first kappa shape index (κ1) is 12.4. The van der Waals surface area contributed by atoms with Crippen LogP contribution in [0.3, 0.4) is 0 Å². The number of rotatable bonds is 2. The molecule has 0 radical (unpaired) electrons. The van der Waals surface area contributed by atoms with Gasteiger partial charge < -0.3 is 5.32 Å². The second-order valence-electron chi connectivity index (χ2n) is 6.81. The standard InChI is InChI=1S/C15H29N/c1-12(2)9-14-5-4-6-15(10-14)7-8-16-11-13(15)3/h12-14,16H,4-11H2,1-3H3. The Bertz CT molecular complexity index is 219. The molecular formula is C15H29N. The molecule has 1 saturated heterocycles. The molecule has 3 unspecified atom stereocenters. The fourth-order valence-electron chi connectivity index (χ4n) is 4.18. The van der Waals surface area contributed by atoms with Crippen molar-refractivity contribution in [2.24, 2.45) is 23.2 Å². The maximum absolute atomic E-state index is 3.56. The average molecular weight is 223 g/mol. The molecular weight excluding hydrogens is 194 g/mol. The summed E-state index contributed by atoms with van der Waals surface area (Å²) in [5.74, 6) is 2.81. The third-order valence-corrected chi connectivity index (χ3v) is 5.08. The smallest absolute Gasteiger partial charge is 0.00178 e. The van der Waals surface area contributed by atoms with Crippen LogP contribution in [0.25, 0.3) is 0 Å². The van der Waals surface area contributed by atoms with Crippen LogP contribution in [0, 0.1) is 23.2 Å². The minimum atomic E-state index is 0.711.